The van der Waals surface area contributed by atoms with Crippen LogP contribution < -0.4 is 10.3 Å². The fourth-order valence-electron chi connectivity index (χ4n) is 5.14. The number of hydrogen-bond donors (Lipinski definition) is 1. The van der Waals surface area contributed by atoms with Gasteiger partial charge in [0.1, 0.15) is 11.6 Å². The van der Waals surface area contributed by atoms with Gasteiger partial charge in [-0.25, -0.2) is 4.98 Å². The molecule has 2 aliphatic carbocycles. The molecule has 1 N–H and O–H groups in total. The molecule has 0 radical (unpaired) electrons. The third-order valence-corrected chi connectivity index (χ3v) is 7.03. The molecule has 2 aromatic rings. The summed E-state index contributed by atoms with van der Waals surface area (Å²) in [6.07, 6.45) is 6.53. The van der Waals surface area contributed by atoms with E-state index in [9.17, 15) is 4.79 Å². The Morgan fingerprint density at radius 2 is 2.04 bits per heavy atom. The van der Waals surface area contributed by atoms with E-state index in [1.807, 2.05) is 0 Å². The molecule has 2 heterocycles. The zero-order valence-corrected chi connectivity index (χ0v) is 16.9. The highest BCUT2D eigenvalue weighted by molar-refractivity contribution is 5.37. The van der Waals surface area contributed by atoms with E-state index in [2.05, 4.69) is 35.0 Å². The summed E-state index contributed by atoms with van der Waals surface area (Å²) in [6, 6.07) is 6.47. The summed E-state index contributed by atoms with van der Waals surface area (Å²) >= 11 is 0. The van der Waals surface area contributed by atoms with Crippen LogP contribution in [-0.4, -0.2) is 35.1 Å². The minimum absolute atomic E-state index is 0.125. The number of nitrogens with zero attached hydrogens (tertiary/aromatic N) is 2. The number of hydrogen-bond acceptors (Lipinski definition) is 4. The van der Waals surface area contributed by atoms with Crippen LogP contribution in [0.4, 0.5) is 0 Å². The van der Waals surface area contributed by atoms with Crippen LogP contribution in [0.5, 0.6) is 5.75 Å². The van der Waals surface area contributed by atoms with Gasteiger partial charge in [0, 0.05) is 23.4 Å². The van der Waals surface area contributed by atoms with Crippen molar-refractivity contribution < 1.29 is 4.74 Å². The van der Waals surface area contributed by atoms with Gasteiger partial charge in [0.25, 0.3) is 5.56 Å². The van der Waals surface area contributed by atoms with Crippen molar-refractivity contribution in [1.82, 2.24) is 14.9 Å². The summed E-state index contributed by atoms with van der Waals surface area (Å²) in [6.45, 7) is 5.21. The number of aromatic nitrogens is 2. The molecule has 5 heteroatoms. The number of piperidine rings is 1. The van der Waals surface area contributed by atoms with Crippen molar-refractivity contribution in [2.45, 2.75) is 63.3 Å². The molecule has 1 aromatic carbocycles. The molecule has 0 bridgehead atoms. The van der Waals surface area contributed by atoms with E-state index >= 15 is 0 Å². The average molecular weight is 380 g/mol. The summed E-state index contributed by atoms with van der Waals surface area (Å²) in [7, 11) is 1.72. The number of rotatable bonds is 4. The lowest BCUT2D eigenvalue weighted by atomic mass is 9.76. The molecule has 5 nitrogen and oxygen atoms in total. The molecule has 2 fully saturated rings. The van der Waals surface area contributed by atoms with Crippen molar-refractivity contribution in [3.8, 4) is 5.75 Å². The molecule has 0 atom stereocenters. The van der Waals surface area contributed by atoms with Crippen LogP contribution in [0.15, 0.2) is 23.0 Å². The second-order valence-electron chi connectivity index (χ2n) is 8.91. The van der Waals surface area contributed by atoms with Crippen molar-refractivity contribution in [1.29, 1.82) is 0 Å². The maximum Gasteiger partial charge on any atom is 0.254 e. The quantitative estimate of drug-likeness (QED) is 0.884. The van der Waals surface area contributed by atoms with Gasteiger partial charge in [0.2, 0.25) is 0 Å². The minimum Gasteiger partial charge on any atom is -0.496 e. The molecule has 5 rings (SSSR count). The van der Waals surface area contributed by atoms with Gasteiger partial charge in [-0.2, -0.15) is 0 Å². The third kappa shape index (κ3) is 3.06. The Kier molecular flexibility index (Phi) is 4.31. The van der Waals surface area contributed by atoms with E-state index in [1.54, 1.807) is 7.11 Å². The summed E-state index contributed by atoms with van der Waals surface area (Å²) in [4.78, 5) is 23.2. The maximum atomic E-state index is 12.6. The second-order valence-corrected chi connectivity index (χ2v) is 8.91. The van der Waals surface area contributed by atoms with E-state index in [0.717, 1.165) is 68.1 Å². The monoisotopic (exact) mass is 379 g/mol. The average Bonchev–Trinajstić information content (AvgIpc) is 3.48. The molecule has 28 heavy (non-hydrogen) atoms. The second kappa shape index (κ2) is 6.73. The Morgan fingerprint density at radius 1 is 1.25 bits per heavy atom. The first-order valence-corrected chi connectivity index (χ1v) is 10.6. The molecule has 3 aliphatic rings. The number of fused-ring (bicyclic) bond motifs is 2. The van der Waals surface area contributed by atoms with Gasteiger partial charge >= 0.3 is 0 Å². The molecule has 148 valence electrons. The Hall–Kier alpha value is -2.14. The first-order valence-electron chi connectivity index (χ1n) is 10.6. The Labute approximate surface area is 166 Å². The number of benzene rings is 1. The predicted molar refractivity (Wildman–Crippen MR) is 109 cm³/mol. The number of aromatic amines is 1. The van der Waals surface area contributed by atoms with E-state index in [1.165, 1.54) is 24.0 Å². The van der Waals surface area contributed by atoms with Gasteiger partial charge in [-0.15, -0.1) is 0 Å². The number of ether oxygens (including phenoxy) is 1. The molecule has 0 amide bonds. The summed E-state index contributed by atoms with van der Waals surface area (Å²) in [5.41, 5.74) is 4.88. The molecule has 1 saturated heterocycles. The number of likely N-dealkylation sites (tertiary alicyclic amines) is 1. The lowest BCUT2D eigenvalue weighted by Gasteiger charge is -2.39. The molecular weight excluding hydrogens is 350 g/mol. The van der Waals surface area contributed by atoms with E-state index in [-0.39, 0.29) is 11.0 Å². The normalized spacial score (nSPS) is 21.1. The fourth-order valence-corrected chi connectivity index (χ4v) is 5.14. The zero-order valence-electron chi connectivity index (χ0n) is 16.9. The Morgan fingerprint density at radius 3 is 2.71 bits per heavy atom. The van der Waals surface area contributed by atoms with Gasteiger partial charge in [-0.1, -0.05) is 12.1 Å². The van der Waals surface area contributed by atoms with Crippen molar-refractivity contribution in [3.05, 3.63) is 56.8 Å². The summed E-state index contributed by atoms with van der Waals surface area (Å²) < 4.78 is 5.38. The van der Waals surface area contributed by atoms with Crippen molar-refractivity contribution in [3.63, 3.8) is 0 Å². The predicted octanol–water partition coefficient (Wildman–Crippen LogP) is 3.44. The lowest BCUT2D eigenvalue weighted by Crippen LogP contribution is -2.42. The topological polar surface area (TPSA) is 58.2 Å². The first kappa shape index (κ1) is 17.9. The van der Waals surface area contributed by atoms with Crippen LogP contribution >= 0.6 is 0 Å². The van der Waals surface area contributed by atoms with Crippen LogP contribution in [0.25, 0.3) is 0 Å². The fraction of sp³-hybridized carbons (Fsp3) is 0.565. The zero-order chi connectivity index (χ0) is 19.3. The van der Waals surface area contributed by atoms with Crippen LogP contribution in [-0.2, 0) is 18.4 Å². The Bertz CT molecular complexity index is 953. The highest BCUT2D eigenvalue weighted by atomic mass is 16.5. The smallest absolute Gasteiger partial charge is 0.254 e. The van der Waals surface area contributed by atoms with E-state index in [0.29, 0.717) is 5.92 Å². The van der Waals surface area contributed by atoms with Gasteiger partial charge in [0.15, 0.2) is 0 Å². The molecule has 0 unspecified atom stereocenters. The SMILES string of the molecule is COc1ccc(CN2CCC3(CCc4c3nc(C3CC3)[nH]c4=O)CC2)cc1C. The molecule has 1 saturated carbocycles. The highest BCUT2D eigenvalue weighted by Gasteiger charge is 2.44. The summed E-state index contributed by atoms with van der Waals surface area (Å²) in [5.74, 6) is 2.39. The van der Waals surface area contributed by atoms with Gasteiger partial charge < -0.3 is 9.72 Å². The van der Waals surface area contributed by atoms with Gasteiger partial charge in [-0.3, -0.25) is 9.69 Å². The van der Waals surface area contributed by atoms with Crippen LogP contribution in [0, 0.1) is 6.92 Å². The highest BCUT2D eigenvalue weighted by Crippen LogP contribution is 2.46. The van der Waals surface area contributed by atoms with Gasteiger partial charge in [0.05, 0.1) is 12.8 Å². The maximum absolute atomic E-state index is 12.6. The number of methoxy groups -OCH3 is 1. The van der Waals surface area contributed by atoms with Crippen LogP contribution in [0.2, 0.25) is 0 Å². The van der Waals surface area contributed by atoms with Crippen LogP contribution in [0.3, 0.4) is 0 Å². The van der Waals surface area contributed by atoms with Gasteiger partial charge in [-0.05, 0) is 75.7 Å². The summed E-state index contributed by atoms with van der Waals surface area (Å²) in [5, 5.41) is 0. The number of nitrogens with one attached hydrogen (secondary N) is 1. The molecule has 1 aromatic heterocycles. The van der Waals surface area contributed by atoms with Crippen LogP contribution in [0.1, 0.15) is 66.2 Å². The van der Waals surface area contributed by atoms with E-state index < -0.39 is 0 Å². The minimum atomic E-state index is 0.125. The molecular formula is C23H29N3O2. The molecule has 1 aliphatic heterocycles. The largest absolute Gasteiger partial charge is 0.496 e. The molecule has 1 spiro atoms. The van der Waals surface area contributed by atoms with Crippen molar-refractivity contribution in [2.75, 3.05) is 20.2 Å². The third-order valence-electron chi connectivity index (χ3n) is 7.03. The van der Waals surface area contributed by atoms with E-state index in [4.69, 9.17) is 9.72 Å². The first-order chi connectivity index (χ1) is 13.6. The lowest BCUT2D eigenvalue weighted by molar-refractivity contribution is 0.150. The number of H-pyrrole nitrogens is 1. The standard InChI is InChI=1S/C23H29N3O2/c1-15-13-16(3-6-19(15)28-2)14-26-11-9-23(10-12-26)8-7-18-20(23)24-21(17-4-5-17)25-22(18)27/h3,6,13,17H,4-5,7-12,14H2,1-2H3,(H,24,25,27). The number of aryl methyl sites for hydroxylation is 1. The van der Waals surface area contributed by atoms with Crippen molar-refractivity contribution >= 4 is 0 Å². The Balaban J connectivity index is 1.32. The van der Waals surface area contributed by atoms with Crippen molar-refractivity contribution in [2.24, 2.45) is 0 Å².